The molecule has 5 heteroatoms. The van der Waals surface area contributed by atoms with Gasteiger partial charge < -0.3 is 0 Å². The first-order chi connectivity index (χ1) is 10.1. The van der Waals surface area contributed by atoms with Gasteiger partial charge in [0.1, 0.15) is 0 Å². The molecule has 0 fully saturated rings. The van der Waals surface area contributed by atoms with Crippen LogP contribution in [0.1, 0.15) is 9.67 Å². The van der Waals surface area contributed by atoms with Crippen LogP contribution in [0.2, 0.25) is 0 Å². The molecule has 2 nitrogen and oxygen atoms in total. The Kier molecular flexibility index (Phi) is 4.33. The van der Waals surface area contributed by atoms with Crippen molar-refractivity contribution < 1.29 is 9.00 Å². The number of thiophene rings is 1. The highest BCUT2D eigenvalue weighted by Gasteiger charge is 2.16. The quantitative estimate of drug-likeness (QED) is 0.618. The van der Waals surface area contributed by atoms with E-state index < -0.39 is 10.8 Å². The molecule has 3 aromatic rings. The monoisotopic (exact) mass is 378 g/mol. The summed E-state index contributed by atoms with van der Waals surface area (Å²) in [6, 6.07) is 15.4. The maximum atomic E-state index is 12.4. The van der Waals surface area contributed by atoms with Gasteiger partial charge in [0.05, 0.1) is 21.4 Å². The Morgan fingerprint density at radius 2 is 1.86 bits per heavy atom. The van der Waals surface area contributed by atoms with Crippen molar-refractivity contribution in [2.24, 2.45) is 0 Å². The molecule has 0 spiro atoms. The Morgan fingerprint density at radius 1 is 1.10 bits per heavy atom. The van der Waals surface area contributed by atoms with Crippen molar-refractivity contribution in [3.8, 4) is 0 Å². The molecule has 106 valence electrons. The Morgan fingerprint density at radius 3 is 2.57 bits per heavy atom. The van der Waals surface area contributed by atoms with Crippen LogP contribution >= 0.6 is 27.3 Å². The highest BCUT2D eigenvalue weighted by Crippen LogP contribution is 2.24. The minimum atomic E-state index is -1.33. The number of rotatable bonds is 4. The maximum Gasteiger partial charge on any atom is 0.186 e. The molecule has 21 heavy (non-hydrogen) atoms. The third kappa shape index (κ3) is 3.15. The minimum Gasteiger partial charge on any atom is -0.292 e. The largest absolute Gasteiger partial charge is 0.292 e. The predicted molar refractivity (Wildman–Crippen MR) is 91.6 cm³/mol. The fourth-order valence-corrected chi connectivity index (χ4v) is 4.72. The summed E-state index contributed by atoms with van der Waals surface area (Å²) in [5, 5.41) is 3.98. The van der Waals surface area contributed by atoms with Gasteiger partial charge in [0.25, 0.3) is 0 Å². The molecule has 1 heterocycles. The van der Waals surface area contributed by atoms with Gasteiger partial charge in [-0.05, 0) is 50.3 Å². The standard InChI is InChI=1S/C16H11BrO2S2/c17-14-7-8-20-16(14)15(18)10-21(19)13-6-5-11-3-1-2-4-12(11)9-13/h1-9H,10H2. The van der Waals surface area contributed by atoms with Crippen LogP contribution in [0, 0.1) is 0 Å². The summed E-state index contributed by atoms with van der Waals surface area (Å²) in [5.74, 6) is -0.0827. The fourth-order valence-electron chi connectivity index (χ4n) is 2.07. The molecular formula is C16H11BrO2S2. The van der Waals surface area contributed by atoms with E-state index in [9.17, 15) is 9.00 Å². The third-order valence-corrected chi connectivity index (χ3v) is 6.30. The van der Waals surface area contributed by atoms with Gasteiger partial charge in [-0.25, -0.2) is 0 Å². The lowest BCUT2D eigenvalue weighted by Crippen LogP contribution is -2.10. The smallest absolute Gasteiger partial charge is 0.186 e. The number of fused-ring (bicyclic) bond motifs is 1. The Balaban J connectivity index is 1.84. The molecule has 0 radical (unpaired) electrons. The number of carbonyl (C=O) groups excluding carboxylic acids is 1. The zero-order valence-corrected chi connectivity index (χ0v) is 14.1. The summed E-state index contributed by atoms with van der Waals surface area (Å²) < 4.78 is 13.2. The topological polar surface area (TPSA) is 34.1 Å². The van der Waals surface area contributed by atoms with Crippen LogP contribution in [0.5, 0.6) is 0 Å². The summed E-state index contributed by atoms with van der Waals surface area (Å²) in [5.41, 5.74) is 0. The lowest BCUT2D eigenvalue weighted by atomic mass is 10.1. The summed E-state index contributed by atoms with van der Waals surface area (Å²) >= 11 is 4.70. The molecule has 1 aromatic heterocycles. The molecule has 1 atom stereocenters. The van der Waals surface area contributed by atoms with E-state index in [0.29, 0.717) is 9.77 Å². The minimum absolute atomic E-state index is 0.0114. The second-order valence-electron chi connectivity index (χ2n) is 4.52. The van der Waals surface area contributed by atoms with Gasteiger partial charge in [-0.2, -0.15) is 0 Å². The number of Topliss-reactive ketones (excluding diaryl/α,β-unsaturated/α-hetero) is 1. The number of ketones is 1. The molecule has 3 rings (SSSR count). The second kappa shape index (κ2) is 6.22. The average molecular weight is 379 g/mol. The number of hydrogen-bond acceptors (Lipinski definition) is 3. The van der Waals surface area contributed by atoms with E-state index in [1.807, 2.05) is 53.9 Å². The van der Waals surface area contributed by atoms with E-state index in [1.54, 1.807) is 0 Å². The van der Waals surface area contributed by atoms with Crippen molar-refractivity contribution in [2.75, 3.05) is 5.75 Å². The zero-order valence-electron chi connectivity index (χ0n) is 10.9. The first-order valence-corrected chi connectivity index (χ1v) is 9.27. The molecule has 0 aliphatic heterocycles. The summed E-state index contributed by atoms with van der Waals surface area (Å²) in [6.07, 6.45) is 0. The highest BCUT2D eigenvalue weighted by atomic mass is 79.9. The van der Waals surface area contributed by atoms with Crippen LogP contribution in [0.3, 0.4) is 0 Å². The van der Waals surface area contributed by atoms with Crippen LogP contribution < -0.4 is 0 Å². The normalized spacial score (nSPS) is 12.4. The van der Waals surface area contributed by atoms with E-state index >= 15 is 0 Å². The summed E-state index contributed by atoms with van der Waals surface area (Å²) in [7, 11) is -1.33. The number of benzene rings is 2. The molecule has 2 aromatic carbocycles. The van der Waals surface area contributed by atoms with Gasteiger partial charge in [-0.15, -0.1) is 11.3 Å². The van der Waals surface area contributed by atoms with E-state index in [1.165, 1.54) is 11.3 Å². The van der Waals surface area contributed by atoms with Gasteiger partial charge in [-0.3, -0.25) is 9.00 Å². The Labute approximate surface area is 137 Å². The molecule has 0 amide bonds. The Bertz CT molecular complexity index is 839. The molecule has 0 saturated carbocycles. The van der Waals surface area contributed by atoms with Gasteiger partial charge in [-0.1, -0.05) is 30.3 Å². The van der Waals surface area contributed by atoms with Crippen molar-refractivity contribution in [3.05, 3.63) is 63.3 Å². The van der Waals surface area contributed by atoms with Crippen LogP contribution in [-0.2, 0) is 10.8 Å². The fraction of sp³-hybridized carbons (Fsp3) is 0.0625. The Hall–Kier alpha value is -1.30. The van der Waals surface area contributed by atoms with Gasteiger partial charge >= 0.3 is 0 Å². The van der Waals surface area contributed by atoms with E-state index in [-0.39, 0.29) is 11.5 Å². The number of carbonyl (C=O) groups is 1. The SMILES string of the molecule is O=C(CS(=O)c1ccc2ccccc2c1)c1sccc1Br. The lowest BCUT2D eigenvalue weighted by Gasteiger charge is -2.04. The number of halogens is 1. The molecule has 0 saturated heterocycles. The van der Waals surface area contributed by atoms with Crippen LogP contribution in [0.4, 0.5) is 0 Å². The van der Waals surface area contributed by atoms with Crippen molar-refractivity contribution >= 4 is 54.6 Å². The molecule has 0 aliphatic carbocycles. The van der Waals surface area contributed by atoms with E-state index in [0.717, 1.165) is 15.2 Å². The van der Waals surface area contributed by atoms with E-state index in [4.69, 9.17) is 0 Å². The molecule has 0 bridgehead atoms. The van der Waals surface area contributed by atoms with Crippen molar-refractivity contribution in [1.82, 2.24) is 0 Å². The molecule has 0 N–H and O–H groups in total. The molecule has 0 aliphatic rings. The molecule has 1 unspecified atom stereocenters. The van der Waals surface area contributed by atoms with Gasteiger partial charge in [0.15, 0.2) is 5.78 Å². The van der Waals surface area contributed by atoms with Gasteiger partial charge in [0, 0.05) is 9.37 Å². The van der Waals surface area contributed by atoms with Crippen molar-refractivity contribution in [3.63, 3.8) is 0 Å². The first kappa shape index (κ1) is 14.6. The zero-order chi connectivity index (χ0) is 14.8. The third-order valence-electron chi connectivity index (χ3n) is 3.12. The summed E-state index contributed by atoms with van der Waals surface area (Å²) in [4.78, 5) is 13.5. The number of hydrogen-bond donors (Lipinski definition) is 0. The first-order valence-electron chi connectivity index (χ1n) is 6.28. The maximum absolute atomic E-state index is 12.4. The lowest BCUT2D eigenvalue weighted by molar-refractivity contribution is 0.102. The van der Waals surface area contributed by atoms with Crippen molar-refractivity contribution in [1.29, 1.82) is 0 Å². The van der Waals surface area contributed by atoms with Crippen LogP contribution in [0.25, 0.3) is 10.8 Å². The predicted octanol–water partition coefficient (Wildman–Crippen LogP) is 4.65. The van der Waals surface area contributed by atoms with Gasteiger partial charge in [0.2, 0.25) is 0 Å². The van der Waals surface area contributed by atoms with E-state index in [2.05, 4.69) is 15.9 Å². The summed E-state index contributed by atoms with van der Waals surface area (Å²) in [6.45, 7) is 0. The average Bonchev–Trinajstić information content (AvgIpc) is 2.93. The van der Waals surface area contributed by atoms with Crippen LogP contribution in [-0.4, -0.2) is 15.7 Å². The highest BCUT2D eigenvalue weighted by molar-refractivity contribution is 9.10. The second-order valence-corrected chi connectivity index (χ2v) is 7.74. The van der Waals surface area contributed by atoms with Crippen LogP contribution in [0.15, 0.2) is 63.3 Å². The van der Waals surface area contributed by atoms with Crippen molar-refractivity contribution in [2.45, 2.75) is 4.90 Å². The molecular weight excluding hydrogens is 368 g/mol.